The number of nitrogens with zero attached hydrogens (tertiary/aromatic N) is 4. The van der Waals surface area contributed by atoms with Gasteiger partial charge >= 0.3 is 0 Å². The van der Waals surface area contributed by atoms with Crippen LogP contribution in [0, 0.1) is 11.3 Å². The monoisotopic (exact) mass is 728 g/mol. The number of hydrogen-bond donors (Lipinski definition) is 0. The summed E-state index contributed by atoms with van der Waals surface area (Å²) in [6.45, 7) is 0. The first-order valence-corrected chi connectivity index (χ1v) is 18.8. The van der Waals surface area contributed by atoms with Crippen LogP contribution in [-0.2, 0) is 0 Å². The van der Waals surface area contributed by atoms with E-state index in [1.54, 1.807) is 0 Å². The second-order valence-electron chi connectivity index (χ2n) is 14.0. The number of rotatable bonds is 7. The quantitative estimate of drug-likeness (QED) is 0.163. The summed E-state index contributed by atoms with van der Waals surface area (Å²) in [6.07, 6.45) is 0. The Hall–Kier alpha value is -7.94. The van der Waals surface area contributed by atoms with Gasteiger partial charge < -0.3 is 4.42 Å². The van der Waals surface area contributed by atoms with Crippen LogP contribution in [0.3, 0.4) is 0 Å². The predicted molar refractivity (Wildman–Crippen MR) is 230 cm³/mol. The molecule has 57 heavy (non-hydrogen) atoms. The van der Waals surface area contributed by atoms with Crippen molar-refractivity contribution in [3.8, 4) is 84.7 Å². The zero-order chi connectivity index (χ0) is 38.1. The highest BCUT2D eigenvalue weighted by Crippen LogP contribution is 2.39. The minimum absolute atomic E-state index is 0.545. The molecule has 0 N–H and O–H groups in total. The summed E-state index contributed by atoms with van der Waals surface area (Å²) in [4.78, 5) is 15.0. The molecule has 0 atom stereocenters. The summed E-state index contributed by atoms with van der Waals surface area (Å²) < 4.78 is 6.58. The van der Waals surface area contributed by atoms with E-state index in [9.17, 15) is 5.26 Å². The molecule has 266 valence electrons. The van der Waals surface area contributed by atoms with E-state index in [4.69, 9.17) is 19.4 Å². The van der Waals surface area contributed by atoms with Crippen LogP contribution in [0.2, 0.25) is 0 Å². The van der Waals surface area contributed by atoms with Gasteiger partial charge in [-0.2, -0.15) is 5.26 Å². The lowest BCUT2D eigenvalue weighted by Crippen LogP contribution is -2.00. The first kappa shape index (κ1) is 33.6. The molecule has 5 heteroatoms. The molecule has 0 aliphatic rings. The van der Waals surface area contributed by atoms with Gasteiger partial charge in [0.1, 0.15) is 11.2 Å². The molecule has 0 saturated carbocycles. The highest BCUT2D eigenvalue weighted by atomic mass is 16.3. The summed E-state index contributed by atoms with van der Waals surface area (Å²) in [5, 5.41) is 11.6. The molecular formula is C52H32N4O. The minimum Gasteiger partial charge on any atom is -0.456 e. The number of furan rings is 1. The topological polar surface area (TPSA) is 75.6 Å². The van der Waals surface area contributed by atoms with Gasteiger partial charge in [-0.25, -0.2) is 15.0 Å². The summed E-state index contributed by atoms with van der Waals surface area (Å²) in [5.41, 5.74) is 13.6. The standard InChI is InChI=1S/C52H32N4O/c53-33-34-12-7-17-37(28-34)41-21-10-23-43(31-41)51-54-50(36-15-5-2-6-16-36)55-52(56-51)44-26-27-46-48(32-44)57-47-25-11-24-45(49(46)47)42-22-9-20-40(30-42)39-19-8-18-38(29-39)35-13-3-1-4-14-35/h1-32H. The maximum Gasteiger partial charge on any atom is 0.164 e. The zero-order valence-corrected chi connectivity index (χ0v) is 30.7. The van der Waals surface area contributed by atoms with Crippen molar-refractivity contribution < 1.29 is 4.42 Å². The zero-order valence-electron chi connectivity index (χ0n) is 30.7. The molecule has 0 radical (unpaired) electrons. The van der Waals surface area contributed by atoms with Gasteiger partial charge in [0.05, 0.1) is 11.6 Å². The van der Waals surface area contributed by atoms with Crippen LogP contribution >= 0.6 is 0 Å². The van der Waals surface area contributed by atoms with Gasteiger partial charge in [0, 0.05) is 27.5 Å². The lowest BCUT2D eigenvalue weighted by molar-refractivity contribution is 0.669. The van der Waals surface area contributed by atoms with Crippen molar-refractivity contribution in [2.24, 2.45) is 0 Å². The van der Waals surface area contributed by atoms with Crippen LogP contribution in [0.15, 0.2) is 199 Å². The van der Waals surface area contributed by atoms with E-state index >= 15 is 0 Å². The Morgan fingerprint density at radius 2 is 0.825 bits per heavy atom. The van der Waals surface area contributed by atoms with E-state index in [0.717, 1.165) is 66.4 Å². The molecule has 2 aromatic heterocycles. The first-order chi connectivity index (χ1) is 28.2. The van der Waals surface area contributed by atoms with Gasteiger partial charge in [-0.1, -0.05) is 146 Å². The van der Waals surface area contributed by atoms with Gasteiger partial charge in [0.2, 0.25) is 0 Å². The normalized spacial score (nSPS) is 11.1. The molecule has 0 spiro atoms. The number of nitriles is 1. The van der Waals surface area contributed by atoms with Gasteiger partial charge in [-0.3, -0.25) is 0 Å². The number of fused-ring (bicyclic) bond motifs is 3. The molecule has 0 fully saturated rings. The highest BCUT2D eigenvalue weighted by molar-refractivity contribution is 6.13. The number of hydrogen-bond acceptors (Lipinski definition) is 5. The lowest BCUT2D eigenvalue weighted by Gasteiger charge is -2.10. The molecule has 0 unspecified atom stereocenters. The molecule has 8 aromatic carbocycles. The van der Waals surface area contributed by atoms with Crippen LogP contribution in [-0.4, -0.2) is 15.0 Å². The Bertz CT molecular complexity index is 3140. The average molecular weight is 729 g/mol. The third-order valence-corrected chi connectivity index (χ3v) is 10.3. The summed E-state index contributed by atoms with van der Waals surface area (Å²) in [6, 6.07) is 68.3. The fourth-order valence-corrected chi connectivity index (χ4v) is 7.54. The second-order valence-corrected chi connectivity index (χ2v) is 14.0. The van der Waals surface area contributed by atoms with E-state index in [1.807, 2.05) is 91.0 Å². The molecule has 0 bridgehead atoms. The van der Waals surface area contributed by atoms with E-state index < -0.39 is 0 Å². The Labute approximate surface area is 329 Å². The third-order valence-electron chi connectivity index (χ3n) is 10.3. The lowest BCUT2D eigenvalue weighted by atomic mass is 9.94. The van der Waals surface area contributed by atoms with Crippen molar-refractivity contribution >= 4 is 21.9 Å². The van der Waals surface area contributed by atoms with Crippen LogP contribution in [0.4, 0.5) is 0 Å². The molecule has 10 rings (SSSR count). The molecule has 0 aliphatic heterocycles. The fourth-order valence-electron chi connectivity index (χ4n) is 7.54. The predicted octanol–water partition coefficient (Wildman–Crippen LogP) is 13.3. The molecular weight excluding hydrogens is 697 g/mol. The van der Waals surface area contributed by atoms with Gasteiger partial charge in [-0.15, -0.1) is 0 Å². The van der Waals surface area contributed by atoms with Crippen molar-refractivity contribution in [2.75, 3.05) is 0 Å². The van der Waals surface area contributed by atoms with Gasteiger partial charge in [0.15, 0.2) is 17.5 Å². The van der Waals surface area contributed by atoms with E-state index in [2.05, 4.69) is 109 Å². The second kappa shape index (κ2) is 14.4. The average Bonchev–Trinajstić information content (AvgIpc) is 3.68. The summed E-state index contributed by atoms with van der Waals surface area (Å²) in [5.74, 6) is 1.68. The minimum atomic E-state index is 0.545. The Morgan fingerprint density at radius 3 is 1.49 bits per heavy atom. The largest absolute Gasteiger partial charge is 0.456 e. The molecule has 10 aromatic rings. The number of aromatic nitrogens is 3. The van der Waals surface area contributed by atoms with Crippen molar-refractivity contribution in [1.82, 2.24) is 15.0 Å². The van der Waals surface area contributed by atoms with Crippen LogP contribution in [0.25, 0.3) is 101 Å². The van der Waals surface area contributed by atoms with Gasteiger partial charge in [0.25, 0.3) is 0 Å². The molecule has 0 amide bonds. The van der Waals surface area contributed by atoms with Crippen molar-refractivity contribution in [1.29, 1.82) is 5.26 Å². The summed E-state index contributed by atoms with van der Waals surface area (Å²) >= 11 is 0. The van der Waals surface area contributed by atoms with Crippen molar-refractivity contribution in [3.05, 3.63) is 200 Å². The van der Waals surface area contributed by atoms with Gasteiger partial charge in [-0.05, 0) is 93.0 Å². The van der Waals surface area contributed by atoms with Crippen molar-refractivity contribution in [3.63, 3.8) is 0 Å². The Balaban J connectivity index is 1.05. The van der Waals surface area contributed by atoms with Crippen LogP contribution in [0.5, 0.6) is 0 Å². The Kier molecular flexibility index (Phi) is 8.48. The van der Waals surface area contributed by atoms with E-state index in [0.29, 0.717) is 23.0 Å². The van der Waals surface area contributed by atoms with Crippen molar-refractivity contribution in [2.45, 2.75) is 0 Å². The summed E-state index contributed by atoms with van der Waals surface area (Å²) in [7, 11) is 0. The SMILES string of the molecule is N#Cc1cccc(-c2cccc(-c3nc(-c4ccccc4)nc(-c4ccc5c(c4)oc4cccc(-c6cccc(-c7cccc(-c8ccccc8)c7)c6)c45)n3)c2)c1. The van der Waals surface area contributed by atoms with Crippen LogP contribution in [0.1, 0.15) is 5.56 Å². The van der Waals surface area contributed by atoms with E-state index in [-0.39, 0.29) is 0 Å². The fraction of sp³-hybridized carbons (Fsp3) is 0. The maximum absolute atomic E-state index is 9.50. The smallest absolute Gasteiger partial charge is 0.164 e. The Morgan fingerprint density at radius 1 is 0.351 bits per heavy atom. The highest BCUT2D eigenvalue weighted by Gasteiger charge is 2.17. The number of benzene rings is 8. The van der Waals surface area contributed by atoms with Crippen LogP contribution < -0.4 is 0 Å². The molecule has 0 aliphatic carbocycles. The third kappa shape index (κ3) is 6.52. The molecule has 5 nitrogen and oxygen atoms in total. The molecule has 2 heterocycles. The van der Waals surface area contributed by atoms with E-state index in [1.165, 1.54) is 16.7 Å². The molecule has 0 saturated heterocycles. The maximum atomic E-state index is 9.50. The first-order valence-electron chi connectivity index (χ1n) is 18.8.